The first-order valence-corrected chi connectivity index (χ1v) is 7.89. The molecule has 0 saturated heterocycles. The number of carbonyl (C=O) groups is 1. The Morgan fingerprint density at radius 2 is 1.68 bits per heavy atom. The van der Waals surface area contributed by atoms with E-state index in [2.05, 4.69) is 35.9 Å². The van der Waals surface area contributed by atoms with E-state index in [0.29, 0.717) is 0 Å². The minimum absolute atomic E-state index is 0.193. The summed E-state index contributed by atoms with van der Waals surface area (Å²) in [6.45, 7) is 11.9. The zero-order chi connectivity index (χ0) is 15.1. The molecule has 19 heavy (non-hydrogen) atoms. The van der Waals surface area contributed by atoms with Gasteiger partial charge in [0.1, 0.15) is 9.93 Å². The molecule has 0 bridgehead atoms. The van der Waals surface area contributed by atoms with Gasteiger partial charge in [0.05, 0.1) is 0 Å². The van der Waals surface area contributed by atoms with E-state index in [1.807, 2.05) is 27.7 Å². The van der Waals surface area contributed by atoms with Crippen LogP contribution in [0.3, 0.4) is 0 Å². The van der Waals surface area contributed by atoms with Gasteiger partial charge in [0.15, 0.2) is 0 Å². The third kappa shape index (κ3) is 10.2. The van der Waals surface area contributed by atoms with Crippen LogP contribution < -0.4 is 0 Å². The highest BCUT2D eigenvalue weighted by molar-refractivity contribution is 9.10. The van der Waals surface area contributed by atoms with Crippen molar-refractivity contribution >= 4 is 21.9 Å². The number of hydrogen-bond donors (Lipinski definition) is 0. The van der Waals surface area contributed by atoms with Crippen LogP contribution in [0, 0.1) is 0 Å². The molecule has 0 atom stereocenters. The highest BCUT2D eigenvalue weighted by atomic mass is 79.9. The lowest BCUT2D eigenvalue weighted by Crippen LogP contribution is -2.36. The van der Waals surface area contributed by atoms with Gasteiger partial charge in [-0.3, -0.25) is 4.79 Å². The number of halogens is 1. The van der Waals surface area contributed by atoms with Gasteiger partial charge >= 0.3 is 5.97 Å². The van der Waals surface area contributed by atoms with Gasteiger partial charge in [-0.2, -0.15) is 0 Å². The fraction of sp³-hybridized carbons (Fsp3) is 0.812. The van der Waals surface area contributed by atoms with E-state index in [-0.39, 0.29) is 11.6 Å². The van der Waals surface area contributed by atoms with Crippen molar-refractivity contribution in [1.29, 1.82) is 0 Å². The van der Waals surface area contributed by atoms with Gasteiger partial charge in [-0.1, -0.05) is 34.0 Å². The van der Waals surface area contributed by atoms with Crippen molar-refractivity contribution in [3.63, 3.8) is 0 Å². The number of allylic oxidation sites excluding steroid dienone is 2. The molecule has 0 aliphatic carbocycles. The maximum atomic E-state index is 11.8. The summed E-state index contributed by atoms with van der Waals surface area (Å²) >= 11 is 3.33. The van der Waals surface area contributed by atoms with Crippen LogP contribution in [0.25, 0.3) is 0 Å². The fourth-order valence-electron chi connectivity index (χ4n) is 1.69. The Bertz CT molecular complexity index is 307. The van der Waals surface area contributed by atoms with E-state index >= 15 is 0 Å². The van der Waals surface area contributed by atoms with Gasteiger partial charge in [-0.25, -0.2) is 0 Å². The van der Waals surface area contributed by atoms with Crippen LogP contribution in [0.4, 0.5) is 0 Å². The zero-order valence-corrected chi connectivity index (χ0v) is 14.9. The second kappa shape index (κ2) is 8.08. The van der Waals surface area contributed by atoms with Gasteiger partial charge in [0, 0.05) is 0 Å². The Kier molecular flexibility index (Phi) is 7.95. The quantitative estimate of drug-likeness (QED) is 0.257. The lowest BCUT2D eigenvalue weighted by molar-refractivity contribution is -0.159. The molecular formula is C16H29BrO2. The third-order valence-electron chi connectivity index (χ3n) is 2.89. The van der Waals surface area contributed by atoms with E-state index in [1.165, 1.54) is 18.4 Å². The van der Waals surface area contributed by atoms with Gasteiger partial charge in [0.2, 0.25) is 0 Å². The van der Waals surface area contributed by atoms with Crippen LogP contribution in [0.5, 0.6) is 0 Å². The molecule has 0 spiro atoms. The average molecular weight is 333 g/mol. The standard InChI is InChI=1S/C16H29BrO2/c1-13(2)11-9-7-8-10-12-15(3,4)19-14(18)16(5,6)17/h11H,7-10,12H2,1-6H3. The van der Waals surface area contributed by atoms with Crippen LogP contribution in [0.15, 0.2) is 11.6 Å². The molecule has 0 aromatic rings. The summed E-state index contributed by atoms with van der Waals surface area (Å²) in [5.74, 6) is -0.193. The molecule has 0 saturated carbocycles. The second-order valence-electron chi connectivity index (χ2n) is 6.50. The predicted molar refractivity (Wildman–Crippen MR) is 85.7 cm³/mol. The maximum Gasteiger partial charge on any atom is 0.322 e. The summed E-state index contributed by atoms with van der Waals surface area (Å²) in [5.41, 5.74) is 1.01. The predicted octanol–water partition coefficient (Wildman–Crippen LogP) is 5.40. The Balaban J connectivity index is 3.92. The van der Waals surface area contributed by atoms with Crippen molar-refractivity contribution in [3.8, 4) is 0 Å². The first kappa shape index (κ1) is 18.7. The molecule has 2 nitrogen and oxygen atoms in total. The Morgan fingerprint density at radius 3 is 2.16 bits per heavy atom. The number of ether oxygens (including phenoxy) is 1. The molecule has 3 heteroatoms. The molecule has 0 unspecified atom stereocenters. The number of rotatable bonds is 8. The smallest absolute Gasteiger partial charge is 0.322 e. The largest absolute Gasteiger partial charge is 0.459 e. The summed E-state index contributed by atoms with van der Waals surface area (Å²) in [4.78, 5) is 11.8. The fourth-order valence-corrected chi connectivity index (χ4v) is 1.77. The van der Waals surface area contributed by atoms with Crippen molar-refractivity contribution in [3.05, 3.63) is 11.6 Å². The topological polar surface area (TPSA) is 26.3 Å². The van der Waals surface area contributed by atoms with E-state index in [1.54, 1.807) is 0 Å². The summed E-state index contributed by atoms with van der Waals surface area (Å²) in [6, 6.07) is 0. The van der Waals surface area contributed by atoms with E-state index in [0.717, 1.165) is 19.3 Å². The normalized spacial score (nSPS) is 12.2. The van der Waals surface area contributed by atoms with Crippen LogP contribution in [0.2, 0.25) is 0 Å². The van der Waals surface area contributed by atoms with Gasteiger partial charge in [-0.15, -0.1) is 0 Å². The van der Waals surface area contributed by atoms with Crippen molar-refractivity contribution < 1.29 is 9.53 Å². The first-order chi connectivity index (χ1) is 8.54. The lowest BCUT2D eigenvalue weighted by Gasteiger charge is -2.28. The molecule has 0 aromatic carbocycles. The molecule has 0 rings (SSSR count). The molecule has 0 amide bonds. The van der Waals surface area contributed by atoms with Crippen molar-refractivity contribution in [2.75, 3.05) is 0 Å². The summed E-state index contributed by atoms with van der Waals surface area (Å²) < 4.78 is 4.95. The molecule has 0 aliphatic rings. The average Bonchev–Trinajstić information content (AvgIpc) is 2.20. The Morgan fingerprint density at radius 1 is 1.11 bits per heavy atom. The molecular weight excluding hydrogens is 304 g/mol. The van der Waals surface area contributed by atoms with Crippen LogP contribution in [-0.2, 0) is 9.53 Å². The van der Waals surface area contributed by atoms with Gasteiger partial charge in [-0.05, 0) is 67.2 Å². The van der Waals surface area contributed by atoms with E-state index < -0.39 is 4.32 Å². The molecule has 0 fully saturated rings. The molecule has 0 aromatic heterocycles. The minimum atomic E-state index is -0.603. The molecule has 0 N–H and O–H groups in total. The SMILES string of the molecule is CC(C)=CCCCCCC(C)(C)OC(=O)C(C)(C)Br. The summed E-state index contributed by atoms with van der Waals surface area (Å²) in [6.07, 6.45) is 7.83. The summed E-state index contributed by atoms with van der Waals surface area (Å²) in [5, 5.41) is 0. The Hall–Kier alpha value is -0.310. The van der Waals surface area contributed by atoms with E-state index in [9.17, 15) is 4.79 Å². The molecule has 0 aliphatic heterocycles. The third-order valence-corrected chi connectivity index (χ3v) is 3.21. The highest BCUT2D eigenvalue weighted by Gasteiger charge is 2.31. The molecule has 0 radical (unpaired) electrons. The van der Waals surface area contributed by atoms with Crippen molar-refractivity contribution in [2.24, 2.45) is 0 Å². The number of alkyl halides is 1. The number of unbranched alkanes of at least 4 members (excludes halogenated alkanes) is 3. The zero-order valence-electron chi connectivity index (χ0n) is 13.3. The minimum Gasteiger partial charge on any atom is -0.459 e. The monoisotopic (exact) mass is 332 g/mol. The molecule has 112 valence electrons. The summed E-state index contributed by atoms with van der Waals surface area (Å²) in [7, 11) is 0. The first-order valence-electron chi connectivity index (χ1n) is 7.10. The number of hydrogen-bond acceptors (Lipinski definition) is 2. The maximum absolute atomic E-state index is 11.8. The van der Waals surface area contributed by atoms with Crippen LogP contribution in [0.1, 0.15) is 73.6 Å². The Labute approximate surface area is 127 Å². The number of esters is 1. The van der Waals surface area contributed by atoms with E-state index in [4.69, 9.17) is 4.74 Å². The van der Waals surface area contributed by atoms with Crippen molar-refractivity contribution in [2.45, 2.75) is 83.6 Å². The van der Waals surface area contributed by atoms with Crippen LogP contribution >= 0.6 is 15.9 Å². The van der Waals surface area contributed by atoms with Crippen molar-refractivity contribution in [1.82, 2.24) is 0 Å². The second-order valence-corrected chi connectivity index (χ2v) is 8.48. The van der Waals surface area contributed by atoms with Gasteiger partial charge < -0.3 is 4.74 Å². The highest BCUT2D eigenvalue weighted by Crippen LogP contribution is 2.25. The van der Waals surface area contributed by atoms with Gasteiger partial charge in [0.25, 0.3) is 0 Å². The lowest BCUT2D eigenvalue weighted by atomic mass is 9.99. The van der Waals surface area contributed by atoms with Crippen LogP contribution in [-0.4, -0.2) is 15.9 Å². The molecule has 0 heterocycles. The number of carbonyl (C=O) groups excluding carboxylic acids is 1.